The molecule has 0 aliphatic rings. The summed E-state index contributed by atoms with van der Waals surface area (Å²) in [6.45, 7) is 22.2. The van der Waals surface area contributed by atoms with E-state index in [1.54, 1.807) is 12.1 Å². The van der Waals surface area contributed by atoms with Crippen molar-refractivity contribution in [3.63, 3.8) is 0 Å². The maximum absolute atomic E-state index is 12.0. The van der Waals surface area contributed by atoms with Crippen molar-refractivity contribution in [3.05, 3.63) is 135 Å². The molecular weight excluding hydrogens is 621 g/mol. The average Bonchev–Trinajstić information content (AvgIpc) is 3.50. The number of esters is 1. The van der Waals surface area contributed by atoms with Crippen LogP contribution in [0.4, 0.5) is 0 Å². The second-order valence-corrected chi connectivity index (χ2v) is 19.3. The molecule has 6 nitrogen and oxygen atoms in total. The Hall–Kier alpha value is -4.49. The predicted molar refractivity (Wildman–Crippen MR) is 211 cm³/mol. The van der Waals surface area contributed by atoms with Gasteiger partial charge in [-0.2, -0.15) is 0 Å². The summed E-state index contributed by atoms with van der Waals surface area (Å²) in [6, 6.07) is 27.3. The van der Waals surface area contributed by atoms with Gasteiger partial charge in [0.15, 0.2) is 0 Å². The SMILES string of the molecule is C.C.C/C(=C/c1cc(C)cc(-n2c(C)ccc2C)n1)CCOC(=O)c1ccccc1.Cc1cc(C[Si](C)(C)C)nc(-n2c(C)ccc2C)c1. The summed E-state index contributed by atoms with van der Waals surface area (Å²) in [5.41, 5.74) is 11.1. The van der Waals surface area contributed by atoms with Crippen molar-refractivity contribution in [1.29, 1.82) is 0 Å². The fourth-order valence-corrected chi connectivity index (χ4v) is 6.95. The van der Waals surface area contributed by atoms with E-state index < -0.39 is 8.07 Å². The summed E-state index contributed by atoms with van der Waals surface area (Å²) in [7, 11) is -1.13. The van der Waals surface area contributed by atoms with Gasteiger partial charge in [0.1, 0.15) is 11.6 Å². The van der Waals surface area contributed by atoms with E-state index >= 15 is 0 Å². The molecule has 0 radical (unpaired) electrons. The van der Waals surface area contributed by atoms with Crippen molar-refractivity contribution in [1.82, 2.24) is 19.1 Å². The Labute approximate surface area is 296 Å². The minimum atomic E-state index is -1.13. The first-order valence-corrected chi connectivity index (χ1v) is 20.1. The number of aryl methyl sites for hydroxylation is 6. The molecule has 0 amide bonds. The van der Waals surface area contributed by atoms with Crippen molar-refractivity contribution in [2.45, 2.75) is 95.4 Å². The molecule has 49 heavy (non-hydrogen) atoms. The standard InChI is InChI=1S/C24H26N2O2.C16H24N2Si.2CH4/c1-17(12-13-28-24(27)21-8-6-5-7-9-21)14-22-15-18(2)16-23(25-22)26-19(3)10-11-20(26)4;1-12-9-15(11-19(4,5)6)17-16(10-12)18-13(2)7-8-14(18)3;;/h5-11,14-16H,12-13H2,1-4H3;7-10H,11H2,1-6H3;2*1H4/b17-14-;;;. The van der Waals surface area contributed by atoms with Crippen LogP contribution in [0.1, 0.15) is 83.8 Å². The van der Waals surface area contributed by atoms with Crippen LogP contribution in [-0.4, -0.2) is 39.8 Å². The highest BCUT2D eigenvalue weighted by Gasteiger charge is 2.16. The van der Waals surface area contributed by atoms with Gasteiger partial charge in [-0.15, -0.1) is 0 Å². The van der Waals surface area contributed by atoms with Gasteiger partial charge in [0.25, 0.3) is 0 Å². The molecule has 4 aromatic heterocycles. The Kier molecular flexibility index (Phi) is 14.8. The van der Waals surface area contributed by atoms with Gasteiger partial charge in [0.2, 0.25) is 0 Å². The molecule has 4 heterocycles. The van der Waals surface area contributed by atoms with E-state index in [-0.39, 0.29) is 20.8 Å². The zero-order valence-electron chi connectivity index (χ0n) is 29.8. The van der Waals surface area contributed by atoms with Crippen molar-refractivity contribution in [2.24, 2.45) is 0 Å². The number of carbonyl (C=O) groups excluding carboxylic acids is 1. The monoisotopic (exact) mass is 678 g/mol. The normalized spacial score (nSPS) is 11.2. The lowest BCUT2D eigenvalue weighted by molar-refractivity contribution is 0.0509. The smallest absolute Gasteiger partial charge is 0.338 e. The molecule has 0 unspecified atom stereocenters. The van der Waals surface area contributed by atoms with E-state index in [2.05, 4.69) is 125 Å². The minimum Gasteiger partial charge on any atom is -0.462 e. The third-order valence-electron chi connectivity index (χ3n) is 7.83. The molecule has 1 aromatic carbocycles. The lowest BCUT2D eigenvalue weighted by Gasteiger charge is -2.17. The third-order valence-corrected chi connectivity index (χ3v) is 9.25. The summed E-state index contributed by atoms with van der Waals surface area (Å²) >= 11 is 0. The van der Waals surface area contributed by atoms with Crippen LogP contribution in [0.2, 0.25) is 19.6 Å². The average molecular weight is 679 g/mol. The van der Waals surface area contributed by atoms with E-state index in [9.17, 15) is 4.79 Å². The molecule has 0 atom stereocenters. The maximum atomic E-state index is 12.0. The number of aromatic nitrogens is 4. The number of benzene rings is 1. The van der Waals surface area contributed by atoms with E-state index in [0.29, 0.717) is 18.6 Å². The molecular formula is C42H58N4O2Si. The first-order chi connectivity index (χ1) is 22.2. The van der Waals surface area contributed by atoms with Crippen LogP contribution >= 0.6 is 0 Å². The molecule has 0 saturated carbocycles. The van der Waals surface area contributed by atoms with Crippen LogP contribution in [-0.2, 0) is 10.8 Å². The van der Waals surface area contributed by atoms with Gasteiger partial charge in [-0.05, 0) is 132 Å². The highest BCUT2D eigenvalue weighted by molar-refractivity contribution is 6.75. The Bertz CT molecular complexity index is 1820. The van der Waals surface area contributed by atoms with Gasteiger partial charge in [-0.1, -0.05) is 58.3 Å². The summed E-state index contributed by atoms with van der Waals surface area (Å²) in [6.07, 6.45) is 2.73. The van der Waals surface area contributed by atoms with Crippen LogP contribution in [0.5, 0.6) is 0 Å². The summed E-state index contributed by atoms with van der Waals surface area (Å²) < 4.78 is 9.76. The lowest BCUT2D eigenvalue weighted by atomic mass is 10.1. The van der Waals surface area contributed by atoms with Crippen LogP contribution in [0.15, 0.2) is 84.4 Å². The second kappa shape index (κ2) is 17.8. The van der Waals surface area contributed by atoms with Crippen LogP contribution in [0.3, 0.4) is 0 Å². The molecule has 0 aliphatic heterocycles. The molecule has 5 aromatic rings. The molecule has 0 fully saturated rings. The van der Waals surface area contributed by atoms with Crippen LogP contribution in [0.25, 0.3) is 17.7 Å². The number of rotatable bonds is 9. The maximum Gasteiger partial charge on any atom is 0.338 e. The zero-order valence-corrected chi connectivity index (χ0v) is 30.8. The van der Waals surface area contributed by atoms with Gasteiger partial charge in [0, 0.05) is 34.9 Å². The Morgan fingerprint density at radius 2 is 1.20 bits per heavy atom. The topological polar surface area (TPSA) is 61.9 Å². The van der Waals surface area contributed by atoms with Gasteiger partial charge in [0.05, 0.1) is 25.9 Å². The summed E-state index contributed by atoms with van der Waals surface area (Å²) in [5.74, 6) is 1.70. The second-order valence-electron chi connectivity index (χ2n) is 13.8. The molecule has 0 spiro atoms. The highest BCUT2D eigenvalue weighted by Crippen LogP contribution is 2.20. The van der Waals surface area contributed by atoms with Crippen LogP contribution in [0, 0.1) is 41.5 Å². The lowest BCUT2D eigenvalue weighted by Crippen LogP contribution is -2.25. The van der Waals surface area contributed by atoms with E-state index in [0.717, 1.165) is 45.9 Å². The highest BCUT2D eigenvalue weighted by atomic mass is 28.3. The van der Waals surface area contributed by atoms with Gasteiger partial charge in [-0.25, -0.2) is 14.8 Å². The van der Waals surface area contributed by atoms with E-state index in [1.165, 1.54) is 22.6 Å². The van der Waals surface area contributed by atoms with Crippen molar-refractivity contribution >= 4 is 20.1 Å². The predicted octanol–water partition coefficient (Wildman–Crippen LogP) is 10.9. The number of hydrogen-bond donors (Lipinski definition) is 0. The molecule has 5 rings (SSSR count). The minimum absolute atomic E-state index is 0. The van der Waals surface area contributed by atoms with Gasteiger partial charge < -0.3 is 13.9 Å². The molecule has 262 valence electrons. The van der Waals surface area contributed by atoms with Crippen molar-refractivity contribution < 1.29 is 9.53 Å². The molecule has 7 heteroatoms. The number of ether oxygens (including phenoxy) is 1. The van der Waals surface area contributed by atoms with Crippen molar-refractivity contribution in [2.75, 3.05) is 6.61 Å². The zero-order chi connectivity index (χ0) is 34.3. The molecule has 0 aliphatic carbocycles. The van der Waals surface area contributed by atoms with Gasteiger partial charge >= 0.3 is 5.97 Å². The Balaban J connectivity index is 0.000000349. The summed E-state index contributed by atoms with van der Waals surface area (Å²) in [4.78, 5) is 21.7. The number of hydrogen-bond acceptors (Lipinski definition) is 4. The fourth-order valence-electron chi connectivity index (χ4n) is 5.68. The third kappa shape index (κ3) is 11.6. The number of nitrogens with zero attached hydrogens (tertiary/aromatic N) is 4. The van der Waals surface area contributed by atoms with Crippen LogP contribution < -0.4 is 0 Å². The molecule has 0 saturated heterocycles. The Morgan fingerprint density at radius 1 is 0.714 bits per heavy atom. The van der Waals surface area contributed by atoms with Crippen molar-refractivity contribution in [3.8, 4) is 11.6 Å². The first-order valence-electron chi connectivity index (χ1n) is 16.4. The molecule has 0 bridgehead atoms. The quantitative estimate of drug-likeness (QED) is 0.115. The largest absolute Gasteiger partial charge is 0.462 e. The fraction of sp³-hybridized carbons (Fsp3) is 0.357. The number of pyridine rings is 2. The van der Waals surface area contributed by atoms with Gasteiger partial charge in [-0.3, -0.25) is 0 Å². The summed E-state index contributed by atoms with van der Waals surface area (Å²) in [5, 5.41) is 0. The van der Waals surface area contributed by atoms with E-state index in [4.69, 9.17) is 14.7 Å². The molecule has 0 N–H and O–H groups in total. The number of carbonyl (C=O) groups is 1. The Morgan fingerprint density at radius 3 is 1.71 bits per heavy atom. The van der Waals surface area contributed by atoms with E-state index in [1.807, 2.05) is 25.1 Å². The first kappa shape index (κ1) is 40.7.